The van der Waals surface area contributed by atoms with E-state index in [1.165, 1.54) is 18.0 Å². The SMILES string of the molecule is COc1ccc(Sc2cncc(Cl)n2)cc1. The Morgan fingerprint density at radius 3 is 2.56 bits per heavy atom. The lowest BCUT2D eigenvalue weighted by Gasteiger charge is -2.02. The molecule has 5 heteroatoms. The first kappa shape index (κ1) is 11.2. The summed E-state index contributed by atoms with van der Waals surface area (Å²) in [6, 6.07) is 7.73. The van der Waals surface area contributed by atoms with Gasteiger partial charge in [-0.25, -0.2) is 4.98 Å². The molecule has 2 rings (SSSR count). The fraction of sp³-hybridized carbons (Fsp3) is 0.0909. The third-order valence-electron chi connectivity index (χ3n) is 1.86. The van der Waals surface area contributed by atoms with Crippen molar-refractivity contribution in [2.24, 2.45) is 0 Å². The number of ether oxygens (including phenoxy) is 1. The third-order valence-corrected chi connectivity index (χ3v) is 2.96. The van der Waals surface area contributed by atoms with Gasteiger partial charge in [-0.3, -0.25) is 4.98 Å². The zero-order valence-corrected chi connectivity index (χ0v) is 10.1. The monoisotopic (exact) mass is 252 g/mol. The van der Waals surface area contributed by atoms with Crippen LogP contribution >= 0.6 is 23.4 Å². The number of nitrogens with zero attached hydrogens (tertiary/aromatic N) is 2. The van der Waals surface area contributed by atoms with Crippen molar-refractivity contribution >= 4 is 23.4 Å². The molecule has 0 bridgehead atoms. The summed E-state index contributed by atoms with van der Waals surface area (Å²) in [5.74, 6) is 0.835. The zero-order chi connectivity index (χ0) is 11.4. The number of halogens is 1. The maximum Gasteiger partial charge on any atom is 0.148 e. The average Bonchev–Trinajstić information content (AvgIpc) is 2.30. The maximum absolute atomic E-state index is 5.75. The summed E-state index contributed by atoms with van der Waals surface area (Å²) in [6.07, 6.45) is 3.19. The Morgan fingerprint density at radius 1 is 1.19 bits per heavy atom. The second-order valence-electron chi connectivity index (χ2n) is 2.96. The average molecular weight is 253 g/mol. The van der Waals surface area contributed by atoms with Gasteiger partial charge in [-0.1, -0.05) is 23.4 Å². The highest BCUT2D eigenvalue weighted by atomic mass is 35.5. The molecular formula is C11H9ClN2OS. The highest BCUT2D eigenvalue weighted by molar-refractivity contribution is 7.99. The summed E-state index contributed by atoms with van der Waals surface area (Å²) >= 11 is 7.26. The van der Waals surface area contributed by atoms with E-state index >= 15 is 0 Å². The Balaban J connectivity index is 2.14. The fourth-order valence-electron chi connectivity index (χ4n) is 1.14. The normalized spacial score (nSPS) is 10.1. The van der Waals surface area contributed by atoms with Crippen molar-refractivity contribution in [2.75, 3.05) is 7.11 Å². The molecule has 0 aliphatic heterocycles. The van der Waals surface area contributed by atoms with Crippen LogP contribution in [0.5, 0.6) is 5.75 Å². The van der Waals surface area contributed by atoms with E-state index in [4.69, 9.17) is 16.3 Å². The van der Waals surface area contributed by atoms with E-state index in [0.717, 1.165) is 15.7 Å². The number of rotatable bonds is 3. The molecule has 82 valence electrons. The lowest BCUT2D eigenvalue weighted by Crippen LogP contribution is -1.84. The smallest absolute Gasteiger partial charge is 0.148 e. The first-order valence-electron chi connectivity index (χ1n) is 4.57. The van der Waals surface area contributed by atoms with Crippen LogP contribution in [0.1, 0.15) is 0 Å². The molecule has 0 saturated heterocycles. The van der Waals surface area contributed by atoms with E-state index < -0.39 is 0 Å². The largest absolute Gasteiger partial charge is 0.497 e. The minimum absolute atomic E-state index is 0.401. The summed E-state index contributed by atoms with van der Waals surface area (Å²) in [7, 11) is 1.64. The molecule has 0 radical (unpaired) electrons. The summed E-state index contributed by atoms with van der Waals surface area (Å²) in [5, 5.41) is 1.18. The second kappa shape index (κ2) is 5.18. The summed E-state index contributed by atoms with van der Waals surface area (Å²) in [5.41, 5.74) is 0. The zero-order valence-electron chi connectivity index (χ0n) is 8.55. The van der Waals surface area contributed by atoms with Crippen LogP contribution in [0.4, 0.5) is 0 Å². The van der Waals surface area contributed by atoms with Gasteiger partial charge in [0, 0.05) is 4.90 Å². The first-order chi connectivity index (χ1) is 7.78. The highest BCUT2D eigenvalue weighted by Crippen LogP contribution is 2.27. The topological polar surface area (TPSA) is 35.0 Å². The number of hydrogen-bond donors (Lipinski definition) is 0. The molecule has 1 aromatic carbocycles. The molecule has 16 heavy (non-hydrogen) atoms. The minimum atomic E-state index is 0.401. The van der Waals surface area contributed by atoms with Gasteiger partial charge < -0.3 is 4.74 Å². The van der Waals surface area contributed by atoms with E-state index in [9.17, 15) is 0 Å². The molecule has 0 fully saturated rings. The van der Waals surface area contributed by atoms with Crippen LogP contribution in [-0.2, 0) is 0 Å². The molecule has 1 aromatic heterocycles. The van der Waals surface area contributed by atoms with Crippen LogP contribution in [-0.4, -0.2) is 17.1 Å². The highest BCUT2D eigenvalue weighted by Gasteiger charge is 2.00. The Morgan fingerprint density at radius 2 is 1.94 bits per heavy atom. The van der Waals surface area contributed by atoms with Crippen LogP contribution in [0.2, 0.25) is 5.15 Å². The molecule has 2 aromatic rings. The summed E-state index contributed by atoms with van der Waals surface area (Å²) < 4.78 is 5.08. The van der Waals surface area contributed by atoms with Crippen molar-refractivity contribution in [3.63, 3.8) is 0 Å². The molecule has 0 amide bonds. The molecule has 0 unspecified atom stereocenters. The number of methoxy groups -OCH3 is 1. The van der Waals surface area contributed by atoms with Crippen molar-refractivity contribution < 1.29 is 4.74 Å². The van der Waals surface area contributed by atoms with Gasteiger partial charge in [0.05, 0.1) is 19.5 Å². The van der Waals surface area contributed by atoms with E-state index in [2.05, 4.69) is 9.97 Å². The Labute approximate surface area is 103 Å². The molecule has 0 aliphatic carbocycles. The van der Waals surface area contributed by atoms with Gasteiger partial charge in [0.25, 0.3) is 0 Å². The number of aromatic nitrogens is 2. The van der Waals surface area contributed by atoms with Gasteiger partial charge in [-0.05, 0) is 24.3 Å². The predicted molar refractivity (Wildman–Crippen MR) is 64.2 cm³/mol. The molecular weight excluding hydrogens is 244 g/mol. The molecule has 0 atom stereocenters. The fourth-order valence-corrected chi connectivity index (χ4v) is 2.11. The minimum Gasteiger partial charge on any atom is -0.497 e. The Bertz CT molecular complexity index is 476. The second-order valence-corrected chi connectivity index (χ2v) is 4.44. The maximum atomic E-state index is 5.75. The van der Waals surface area contributed by atoms with Crippen LogP contribution in [0.3, 0.4) is 0 Å². The van der Waals surface area contributed by atoms with Crippen LogP contribution in [0, 0.1) is 0 Å². The summed E-state index contributed by atoms with van der Waals surface area (Å²) in [6.45, 7) is 0. The molecule has 0 spiro atoms. The lowest BCUT2D eigenvalue weighted by atomic mass is 10.3. The Kier molecular flexibility index (Phi) is 3.64. The van der Waals surface area contributed by atoms with Crippen LogP contribution in [0.15, 0.2) is 46.6 Å². The molecule has 0 N–H and O–H groups in total. The predicted octanol–water partition coefficient (Wildman–Crippen LogP) is 3.29. The van der Waals surface area contributed by atoms with Crippen LogP contribution < -0.4 is 4.74 Å². The Hall–Kier alpha value is -1.26. The van der Waals surface area contributed by atoms with Gasteiger partial charge in [-0.15, -0.1) is 0 Å². The molecule has 3 nitrogen and oxygen atoms in total. The van der Waals surface area contributed by atoms with E-state index in [-0.39, 0.29) is 0 Å². The van der Waals surface area contributed by atoms with Gasteiger partial charge in [0.15, 0.2) is 0 Å². The van der Waals surface area contributed by atoms with Gasteiger partial charge >= 0.3 is 0 Å². The van der Waals surface area contributed by atoms with Crippen molar-refractivity contribution in [2.45, 2.75) is 9.92 Å². The van der Waals surface area contributed by atoms with E-state index in [1.807, 2.05) is 24.3 Å². The number of hydrogen-bond acceptors (Lipinski definition) is 4. The van der Waals surface area contributed by atoms with Crippen molar-refractivity contribution in [1.29, 1.82) is 0 Å². The molecule has 0 saturated carbocycles. The lowest BCUT2D eigenvalue weighted by molar-refractivity contribution is 0.414. The summed E-state index contributed by atoms with van der Waals surface area (Å²) in [4.78, 5) is 9.19. The van der Waals surface area contributed by atoms with Gasteiger partial charge in [0.2, 0.25) is 0 Å². The quantitative estimate of drug-likeness (QED) is 0.840. The van der Waals surface area contributed by atoms with E-state index in [0.29, 0.717) is 5.15 Å². The number of benzene rings is 1. The third kappa shape index (κ3) is 2.87. The standard InChI is InChI=1S/C11H9ClN2OS/c1-15-8-2-4-9(5-3-8)16-11-7-13-6-10(12)14-11/h2-7H,1H3. The molecule has 1 heterocycles. The van der Waals surface area contributed by atoms with Crippen molar-refractivity contribution in [3.8, 4) is 5.75 Å². The first-order valence-corrected chi connectivity index (χ1v) is 5.77. The van der Waals surface area contributed by atoms with E-state index in [1.54, 1.807) is 13.3 Å². The van der Waals surface area contributed by atoms with Crippen LogP contribution in [0.25, 0.3) is 0 Å². The van der Waals surface area contributed by atoms with Gasteiger partial charge in [0.1, 0.15) is 15.9 Å². The van der Waals surface area contributed by atoms with Crippen molar-refractivity contribution in [1.82, 2.24) is 9.97 Å². The van der Waals surface area contributed by atoms with Gasteiger partial charge in [-0.2, -0.15) is 0 Å². The van der Waals surface area contributed by atoms with Crippen molar-refractivity contribution in [3.05, 3.63) is 41.8 Å². The molecule has 0 aliphatic rings.